The van der Waals surface area contributed by atoms with Gasteiger partial charge in [0, 0.05) is 13.1 Å². The fourth-order valence-electron chi connectivity index (χ4n) is 2.78. The van der Waals surface area contributed by atoms with Crippen molar-refractivity contribution in [3.63, 3.8) is 0 Å². The average molecular weight is 397 g/mol. The molecule has 0 unspecified atom stereocenters. The maximum absolute atomic E-state index is 15.0. The standard InChI is InChI=1S/C19H19ClF2N2O3/c1-9(2)16-17(10(3)6-7-23-16)24(11(4)25)18-12(19(26)27-5)8-13(21)14(20)15(18)22/h6-9H,1-5H3. The van der Waals surface area contributed by atoms with Crippen LogP contribution in [0, 0.1) is 18.6 Å². The van der Waals surface area contributed by atoms with Crippen molar-refractivity contribution in [3.8, 4) is 0 Å². The van der Waals surface area contributed by atoms with E-state index in [-0.39, 0.29) is 5.92 Å². The number of benzene rings is 1. The Kier molecular flexibility index (Phi) is 6.15. The number of esters is 1. The number of pyridine rings is 1. The minimum absolute atomic E-state index is 0.109. The van der Waals surface area contributed by atoms with Gasteiger partial charge >= 0.3 is 5.97 Å². The van der Waals surface area contributed by atoms with Gasteiger partial charge in [0.05, 0.1) is 24.1 Å². The van der Waals surface area contributed by atoms with Gasteiger partial charge in [0.15, 0.2) is 5.82 Å². The van der Waals surface area contributed by atoms with Crippen LogP contribution in [0.3, 0.4) is 0 Å². The Morgan fingerprint density at radius 3 is 2.41 bits per heavy atom. The molecule has 2 aromatic rings. The predicted octanol–water partition coefficient (Wildman–Crippen LogP) is 4.92. The van der Waals surface area contributed by atoms with Gasteiger partial charge in [-0.2, -0.15) is 0 Å². The number of methoxy groups -OCH3 is 1. The lowest BCUT2D eigenvalue weighted by Gasteiger charge is -2.28. The van der Waals surface area contributed by atoms with Crippen LogP contribution in [0.1, 0.15) is 48.3 Å². The molecule has 1 heterocycles. The Labute approximate surface area is 160 Å². The van der Waals surface area contributed by atoms with Crippen LogP contribution in [0.15, 0.2) is 18.3 Å². The SMILES string of the molecule is COC(=O)c1cc(F)c(Cl)c(F)c1N(C(C)=O)c1c(C)ccnc1C(C)C. The number of aromatic nitrogens is 1. The molecule has 1 aromatic carbocycles. The number of hydrogen-bond donors (Lipinski definition) is 0. The first-order chi connectivity index (χ1) is 12.6. The summed E-state index contributed by atoms with van der Waals surface area (Å²) in [4.78, 5) is 30.0. The number of aryl methyl sites for hydroxylation is 1. The number of carbonyl (C=O) groups excluding carboxylic acids is 2. The zero-order chi connectivity index (χ0) is 20.5. The lowest BCUT2D eigenvalue weighted by Crippen LogP contribution is -2.29. The van der Waals surface area contributed by atoms with E-state index in [9.17, 15) is 18.4 Å². The number of carbonyl (C=O) groups is 2. The van der Waals surface area contributed by atoms with Gasteiger partial charge < -0.3 is 4.74 Å². The second kappa shape index (κ2) is 8.00. The first kappa shape index (κ1) is 20.8. The molecule has 0 saturated carbocycles. The minimum Gasteiger partial charge on any atom is -0.465 e. The van der Waals surface area contributed by atoms with Gasteiger partial charge in [0.25, 0.3) is 0 Å². The van der Waals surface area contributed by atoms with Crippen LogP contribution in [0.2, 0.25) is 5.02 Å². The Balaban J connectivity index is 2.95. The van der Waals surface area contributed by atoms with E-state index in [0.29, 0.717) is 16.9 Å². The van der Waals surface area contributed by atoms with Gasteiger partial charge in [0.2, 0.25) is 5.91 Å². The third-order valence-corrected chi connectivity index (χ3v) is 4.35. The lowest BCUT2D eigenvalue weighted by molar-refractivity contribution is -0.115. The van der Waals surface area contributed by atoms with Gasteiger partial charge in [-0.25, -0.2) is 13.6 Å². The summed E-state index contributed by atoms with van der Waals surface area (Å²) in [6, 6.07) is 2.40. The maximum atomic E-state index is 15.0. The highest BCUT2D eigenvalue weighted by Crippen LogP contribution is 2.40. The normalized spacial score (nSPS) is 10.9. The second-order valence-corrected chi connectivity index (χ2v) is 6.62. The summed E-state index contributed by atoms with van der Waals surface area (Å²) in [6.45, 7) is 6.64. The number of ether oxygens (including phenoxy) is 1. The summed E-state index contributed by atoms with van der Waals surface area (Å²) in [5, 5.41) is -0.823. The molecule has 0 bridgehead atoms. The molecule has 0 fully saturated rings. The molecule has 5 nitrogen and oxygen atoms in total. The van der Waals surface area contributed by atoms with Crippen molar-refractivity contribution >= 4 is 34.9 Å². The van der Waals surface area contributed by atoms with Crippen LogP contribution in [-0.2, 0) is 9.53 Å². The second-order valence-electron chi connectivity index (χ2n) is 6.24. The highest BCUT2D eigenvalue weighted by Gasteiger charge is 2.32. The van der Waals surface area contributed by atoms with Crippen LogP contribution in [0.25, 0.3) is 0 Å². The molecular weight excluding hydrogens is 378 g/mol. The first-order valence-electron chi connectivity index (χ1n) is 8.13. The zero-order valence-corrected chi connectivity index (χ0v) is 16.3. The lowest BCUT2D eigenvalue weighted by atomic mass is 10.0. The number of hydrogen-bond acceptors (Lipinski definition) is 4. The van der Waals surface area contributed by atoms with Crippen LogP contribution < -0.4 is 4.90 Å². The molecular formula is C19H19ClF2N2O3. The predicted molar refractivity (Wildman–Crippen MR) is 98.6 cm³/mol. The maximum Gasteiger partial charge on any atom is 0.340 e. The van der Waals surface area contributed by atoms with Gasteiger partial charge in [0.1, 0.15) is 16.5 Å². The molecule has 0 aliphatic heterocycles. The minimum atomic E-state index is -1.23. The van der Waals surface area contributed by atoms with Crippen LogP contribution in [0.4, 0.5) is 20.2 Å². The number of halogens is 3. The van der Waals surface area contributed by atoms with Crippen molar-refractivity contribution in [2.75, 3.05) is 12.0 Å². The van der Waals surface area contributed by atoms with Crippen molar-refractivity contribution < 1.29 is 23.1 Å². The Bertz CT molecular complexity index is 916. The average Bonchev–Trinajstić information content (AvgIpc) is 2.61. The molecule has 0 N–H and O–H groups in total. The van der Waals surface area contributed by atoms with Crippen LogP contribution >= 0.6 is 11.6 Å². The van der Waals surface area contributed by atoms with Crippen molar-refractivity contribution in [3.05, 3.63) is 51.8 Å². The fraction of sp³-hybridized carbons (Fsp3) is 0.316. The van der Waals surface area contributed by atoms with Crippen molar-refractivity contribution in [2.24, 2.45) is 0 Å². The van der Waals surface area contributed by atoms with Gasteiger partial charge in [-0.3, -0.25) is 14.7 Å². The van der Waals surface area contributed by atoms with E-state index >= 15 is 0 Å². The number of anilines is 2. The van der Waals surface area contributed by atoms with E-state index in [0.717, 1.165) is 18.1 Å². The third kappa shape index (κ3) is 3.78. The van der Waals surface area contributed by atoms with E-state index in [1.165, 1.54) is 6.92 Å². The van der Waals surface area contributed by atoms with Gasteiger partial charge in [-0.15, -0.1) is 0 Å². The van der Waals surface area contributed by atoms with E-state index in [1.807, 2.05) is 13.8 Å². The van der Waals surface area contributed by atoms with Gasteiger partial charge in [-0.05, 0) is 30.5 Å². The van der Waals surface area contributed by atoms with Gasteiger partial charge in [-0.1, -0.05) is 25.4 Å². The highest BCUT2D eigenvalue weighted by molar-refractivity contribution is 6.31. The smallest absolute Gasteiger partial charge is 0.340 e. The molecule has 8 heteroatoms. The number of nitrogens with zero attached hydrogens (tertiary/aromatic N) is 2. The van der Waals surface area contributed by atoms with E-state index < -0.39 is 39.8 Å². The topological polar surface area (TPSA) is 59.5 Å². The molecule has 0 spiro atoms. The zero-order valence-electron chi connectivity index (χ0n) is 15.6. The van der Waals surface area contributed by atoms with Crippen LogP contribution in [-0.4, -0.2) is 24.0 Å². The number of rotatable bonds is 4. The molecule has 0 aliphatic carbocycles. The summed E-state index contributed by atoms with van der Waals surface area (Å²) < 4.78 is 33.6. The van der Waals surface area contributed by atoms with E-state index in [2.05, 4.69) is 9.72 Å². The third-order valence-electron chi connectivity index (χ3n) is 4.01. The monoisotopic (exact) mass is 396 g/mol. The highest BCUT2D eigenvalue weighted by atomic mass is 35.5. The molecule has 0 atom stereocenters. The number of amides is 1. The quantitative estimate of drug-likeness (QED) is 0.544. The summed E-state index contributed by atoms with van der Waals surface area (Å²) in [5.74, 6) is -4.07. The van der Waals surface area contributed by atoms with E-state index in [4.69, 9.17) is 11.6 Å². The molecule has 0 saturated heterocycles. The van der Waals surface area contributed by atoms with Crippen molar-refractivity contribution in [1.29, 1.82) is 0 Å². The summed E-state index contributed by atoms with van der Waals surface area (Å²) in [6.07, 6.45) is 1.57. The molecule has 1 amide bonds. The largest absolute Gasteiger partial charge is 0.465 e. The molecule has 2 rings (SSSR count). The van der Waals surface area contributed by atoms with Crippen molar-refractivity contribution in [1.82, 2.24) is 4.98 Å². The summed E-state index contributed by atoms with van der Waals surface area (Å²) >= 11 is 5.73. The first-order valence-corrected chi connectivity index (χ1v) is 8.51. The molecule has 1 aromatic heterocycles. The summed E-state index contributed by atoms with van der Waals surface area (Å²) in [7, 11) is 1.07. The van der Waals surface area contributed by atoms with E-state index in [1.54, 1.807) is 19.2 Å². The molecule has 27 heavy (non-hydrogen) atoms. The molecule has 144 valence electrons. The fourth-order valence-corrected chi connectivity index (χ4v) is 2.93. The molecule has 0 radical (unpaired) electrons. The Hall–Kier alpha value is -2.54. The van der Waals surface area contributed by atoms with Crippen LogP contribution in [0.5, 0.6) is 0 Å². The summed E-state index contributed by atoms with van der Waals surface area (Å²) in [5.41, 5.74) is 0.524. The molecule has 0 aliphatic rings. The Morgan fingerprint density at radius 2 is 1.89 bits per heavy atom. The Morgan fingerprint density at radius 1 is 1.26 bits per heavy atom. The van der Waals surface area contributed by atoms with Crippen molar-refractivity contribution in [2.45, 2.75) is 33.6 Å².